The number of halogens is 1. The average molecular weight is 395 g/mol. The molecule has 6 heteroatoms. The zero-order chi connectivity index (χ0) is 18.8. The van der Waals surface area contributed by atoms with Crippen molar-refractivity contribution in [3.05, 3.63) is 82.9 Å². The first-order valence-electron chi connectivity index (χ1n) is 8.29. The van der Waals surface area contributed by atoms with E-state index in [1.807, 2.05) is 49.4 Å². The van der Waals surface area contributed by atoms with Crippen molar-refractivity contribution in [2.75, 3.05) is 5.32 Å². The predicted octanol–water partition coefficient (Wildman–Crippen LogP) is 6.30. The molecule has 4 nitrogen and oxygen atoms in total. The van der Waals surface area contributed by atoms with E-state index >= 15 is 0 Å². The van der Waals surface area contributed by atoms with Crippen LogP contribution in [0.2, 0.25) is 5.02 Å². The predicted molar refractivity (Wildman–Crippen MR) is 110 cm³/mol. The summed E-state index contributed by atoms with van der Waals surface area (Å²) in [5.74, 6) is 1.20. The van der Waals surface area contributed by atoms with Crippen LogP contribution in [-0.2, 0) is 0 Å². The fourth-order valence-electron chi connectivity index (χ4n) is 2.68. The van der Waals surface area contributed by atoms with Gasteiger partial charge in [0.2, 0.25) is 0 Å². The smallest absolute Gasteiger partial charge is 0.257 e. The maximum atomic E-state index is 12.5. The Morgan fingerprint density at radius 1 is 1.04 bits per heavy atom. The Balaban J connectivity index is 1.49. The van der Waals surface area contributed by atoms with Gasteiger partial charge in [-0.15, -0.1) is 0 Å². The van der Waals surface area contributed by atoms with E-state index in [2.05, 4.69) is 10.3 Å². The number of hydrogen-bond donors (Lipinski definition) is 1. The van der Waals surface area contributed by atoms with E-state index in [-0.39, 0.29) is 5.91 Å². The number of thiazole rings is 1. The largest absolute Gasteiger partial charge is 0.457 e. The highest BCUT2D eigenvalue weighted by atomic mass is 35.5. The standard InChI is InChI=1S/C21H15ClN2O2S/c1-13-11-15(22)12-18-19(13)23-21(27-18)24-20(25)14-7-9-17(10-8-14)26-16-5-3-2-4-6-16/h2-12H,1H3,(H,23,24,25). The van der Waals surface area contributed by atoms with Gasteiger partial charge < -0.3 is 4.74 Å². The minimum Gasteiger partial charge on any atom is -0.457 e. The number of rotatable bonds is 4. The quantitative estimate of drug-likeness (QED) is 0.441. The van der Waals surface area contributed by atoms with E-state index in [1.165, 1.54) is 11.3 Å². The summed E-state index contributed by atoms with van der Waals surface area (Å²) in [7, 11) is 0. The van der Waals surface area contributed by atoms with E-state index in [4.69, 9.17) is 16.3 Å². The highest BCUT2D eigenvalue weighted by Gasteiger charge is 2.12. The van der Waals surface area contributed by atoms with Crippen LogP contribution in [0.25, 0.3) is 10.2 Å². The van der Waals surface area contributed by atoms with Crippen molar-refractivity contribution in [2.45, 2.75) is 6.92 Å². The van der Waals surface area contributed by atoms with Gasteiger partial charge in [-0.2, -0.15) is 0 Å². The zero-order valence-corrected chi connectivity index (χ0v) is 16.0. The Kier molecular flexibility index (Phi) is 4.79. The normalized spacial score (nSPS) is 10.7. The molecular formula is C21H15ClN2O2S. The van der Waals surface area contributed by atoms with Crippen LogP contribution in [0.15, 0.2) is 66.7 Å². The molecule has 3 aromatic carbocycles. The minimum atomic E-state index is -0.218. The summed E-state index contributed by atoms with van der Waals surface area (Å²) >= 11 is 7.49. The van der Waals surface area contributed by atoms with Crippen molar-refractivity contribution in [2.24, 2.45) is 0 Å². The van der Waals surface area contributed by atoms with Crippen molar-refractivity contribution < 1.29 is 9.53 Å². The summed E-state index contributed by atoms with van der Waals surface area (Å²) in [6.07, 6.45) is 0. The molecule has 0 fully saturated rings. The van der Waals surface area contributed by atoms with Crippen LogP contribution < -0.4 is 10.1 Å². The molecule has 0 aliphatic heterocycles. The van der Waals surface area contributed by atoms with Crippen LogP contribution in [0.5, 0.6) is 11.5 Å². The van der Waals surface area contributed by atoms with Gasteiger partial charge in [-0.1, -0.05) is 41.1 Å². The second kappa shape index (κ2) is 7.39. The van der Waals surface area contributed by atoms with Crippen molar-refractivity contribution in [3.63, 3.8) is 0 Å². The third kappa shape index (κ3) is 3.94. The second-order valence-electron chi connectivity index (χ2n) is 5.98. The van der Waals surface area contributed by atoms with Gasteiger partial charge in [0.25, 0.3) is 5.91 Å². The van der Waals surface area contributed by atoms with Crippen LogP contribution in [0.1, 0.15) is 15.9 Å². The number of anilines is 1. The Morgan fingerprint density at radius 2 is 1.74 bits per heavy atom. The number of ether oxygens (including phenoxy) is 1. The molecule has 0 atom stereocenters. The SMILES string of the molecule is Cc1cc(Cl)cc2sc(NC(=O)c3ccc(Oc4ccccc4)cc3)nc12. The van der Waals surface area contributed by atoms with Gasteiger partial charge in [-0.25, -0.2) is 4.98 Å². The first-order chi connectivity index (χ1) is 13.1. The lowest BCUT2D eigenvalue weighted by Gasteiger charge is -2.06. The van der Waals surface area contributed by atoms with Crippen LogP contribution in [0.4, 0.5) is 5.13 Å². The number of benzene rings is 3. The average Bonchev–Trinajstić information content (AvgIpc) is 3.06. The molecule has 0 spiro atoms. The number of aromatic nitrogens is 1. The lowest BCUT2D eigenvalue weighted by atomic mass is 10.2. The van der Waals surface area contributed by atoms with Crippen LogP contribution in [0.3, 0.4) is 0 Å². The monoisotopic (exact) mass is 394 g/mol. The number of aryl methyl sites for hydroxylation is 1. The molecule has 0 unspecified atom stereocenters. The third-order valence-electron chi connectivity index (χ3n) is 3.97. The number of fused-ring (bicyclic) bond motifs is 1. The molecule has 1 amide bonds. The molecule has 1 N–H and O–H groups in total. The number of hydrogen-bond acceptors (Lipinski definition) is 4. The molecule has 0 saturated heterocycles. The van der Waals surface area contributed by atoms with Crippen LogP contribution >= 0.6 is 22.9 Å². The first-order valence-corrected chi connectivity index (χ1v) is 9.49. The number of carbonyl (C=O) groups is 1. The van der Waals surface area contributed by atoms with E-state index in [0.717, 1.165) is 21.5 Å². The zero-order valence-electron chi connectivity index (χ0n) is 14.4. The molecule has 0 bridgehead atoms. The first kappa shape index (κ1) is 17.5. The molecule has 134 valence electrons. The molecule has 4 rings (SSSR count). The highest BCUT2D eigenvalue weighted by Crippen LogP contribution is 2.31. The maximum Gasteiger partial charge on any atom is 0.257 e. The Bertz CT molecular complexity index is 1110. The molecule has 1 heterocycles. The van der Waals surface area contributed by atoms with E-state index in [0.29, 0.717) is 21.5 Å². The summed E-state index contributed by atoms with van der Waals surface area (Å²) < 4.78 is 6.69. The van der Waals surface area contributed by atoms with Crippen molar-refractivity contribution in [3.8, 4) is 11.5 Å². The molecule has 0 radical (unpaired) electrons. The molecule has 0 saturated carbocycles. The van der Waals surface area contributed by atoms with Crippen LogP contribution in [0, 0.1) is 6.92 Å². The summed E-state index contributed by atoms with van der Waals surface area (Å²) in [6.45, 7) is 1.95. The molecule has 1 aromatic heterocycles. The molecule has 0 aliphatic rings. The Labute approximate surface area is 165 Å². The summed E-state index contributed by atoms with van der Waals surface area (Å²) in [5, 5.41) is 4.06. The fraction of sp³-hybridized carbons (Fsp3) is 0.0476. The van der Waals surface area contributed by atoms with E-state index < -0.39 is 0 Å². The van der Waals surface area contributed by atoms with E-state index in [1.54, 1.807) is 24.3 Å². The van der Waals surface area contributed by atoms with Crippen LogP contribution in [-0.4, -0.2) is 10.9 Å². The fourth-order valence-corrected chi connectivity index (χ4v) is 3.99. The van der Waals surface area contributed by atoms with Crippen molar-refractivity contribution in [1.29, 1.82) is 0 Å². The van der Waals surface area contributed by atoms with Gasteiger partial charge >= 0.3 is 0 Å². The van der Waals surface area contributed by atoms with Crippen molar-refractivity contribution >= 4 is 44.2 Å². The minimum absolute atomic E-state index is 0.218. The number of nitrogens with zero attached hydrogens (tertiary/aromatic N) is 1. The Morgan fingerprint density at radius 3 is 2.48 bits per heavy atom. The number of para-hydroxylation sites is 1. The molecule has 27 heavy (non-hydrogen) atoms. The third-order valence-corrected chi connectivity index (χ3v) is 5.10. The molecular weight excluding hydrogens is 380 g/mol. The number of carbonyl (C=O) groups excluding carboxylic acids is 1. The maximum absolute atomic E-state index is 12.5. The topological polar surface area (TPSA) is 51.2 Å². The number of amides is 1. The molecule has 4 aromatic rings. The summed E-state index contributed by atoms with van der Waals surface area (Å²) in [4.78, 5) is 17.0. The molecule has 0 aliphatic carbocycles. The van der Waals surface area contributed by atoms with Gasteiger partial charge in [0.1, 0.15) is 11.5 Å². The van der Waals surface area contributed by atoms with Crippen molar-refractivity contribution in [1.82, 2.24) is 4.98 Å². The van der Waals surface area contributed by atoms with Gasteiger partial charge in [0.15, 0.2) is 5.13 Å². The van der Waals surface area contributed by atoms with Gasteiger partial charge in [-0.3, -0.25) is 10.1 Å². The highest BCUT2D eigenvalue weighted by molar-refractivity contribution is 7.22. The second-order valence-corrected chi connectivity index (χ2v) is 7.45. The Hall–Kier alpha value is -2.89. The van der Waals surface area contributed by atoms with Gasteiger partial charge in [-0.05, 0) is 61.0 Å². The van der Waals surface area contributed by atoms with Gasteiger partial charge in [0.05, 0.1) is 10.2 Å². The van der Waals surface area contributed by atoms with Gasteiger partial charge in [0, 0.05) is 10.6 Å². The van der Waals surface area contributed by atoms with E-state index in [9.17, 15) is 4.79 Å². The lowest BCUT2D eigenvalue weighted by molar-refractivity contribution is 0.102. The summed E-state index contributed by atoms with van der Waals surface area (Å²) in [5.41, 5.74) is 2.37. The lowest BCUT2D eigenvalue weighted by Crippen LogP contribution is -2.11. The number of nitrogens with one attached hydrogen (secondary N) is 1. The summed E-state index contributed by atoms with van der Waals surface area (Å²) in [6, 6.07) is 20.2.